The highest BCUT2D eigenvalue weighted by Gasteiger charge is 2.31. The van der Waals surface area contributed by atoms with Crippen LogP contribution < -0.4 is 4.74 Å². The summed E-state index contributed by atoms with van der Waals surface area (Å²) in [5.74, 6) is 0.785. The van der Waals surface area contributed by atoms with Gasteiger partial charge < -0.3 is 4.74 Å². The number of hydrogen-bond donors (Lipinski definition) is 0. The van der Waals surface area contributed by atoms with Gasteiger partial charge in [-0.05, 0) is 31.4 Å². The molecule has 0 unspecified atom stereocenters. The molecule has 0 radical (unpaired) electrons. The second-order valence-corrected chi connectivity index (χ2v) is 3.46. The average Bonchev–Trinajstić information content (AvgIpc) is 2.91. The highest BCUT2D eigenvalue weighted by Crippen LogP contribution is 2.31. The number of rotatable bonds is 2. The first-order valence-electron chi connectivity index (χ1n) is 4.54. The Bertz CT molecular complexity index is 327. The molecular weight excluding hydrogens is 164 g/mol. The molecule has 1 aliphatic rings. The monoisotopic (exact) mass is 176 g/mol. The SMILES string of the molecule is Cc1ccccc1OC(=O)C1CC1. The normalized spacial score (nSPS) is 15.5. The Balaban J connectivity index is 2.08. The predicted molar refractivity (Wildman–Crippen MR) is 49.5 cm³/mol. The number of ether oxygens (including phenoxy) is 1. The van der Waals surface area contributed by atoms with E-state index in [9.17, 15) is 4.79 Å². The van der Waals surface area contributed by atoms with Crippen molar-refractivity contribution >= 4 is 5.97 Å². The first-order chi connectivity index (χ1) is 6.27. The molecule has 0 amide bonds. The van der Waals surface area contributed by atoms with Gasteiger partial charge in [-0.1, -0.05) is 18.2 Å². The van der Waals surface area contributed by atoms with Crippen molar-refractivity contribution in [3.63, 3.8) is 0 Å². The van der Waals surface area contributed by atoms with Gasteiger partial charge in [0.2, 0.25) is 0 Å². The van der Waals surface area contributed by atoms with Gasteiger partial charge in [-0.15, -0.1) is 0 Å². The summed E-state index contributed by atoms with van der Waals surface area (Å²) in [5, 5.41) is 0. The maximum atomic E-state index is 11.3. The maximum absolute atomic E-state index is 11.3. The largest absolute Gasteiger partial charge is 0.426 e. The fourth-order valence-corrected chi connectivity index (χ4v) is 1.18. The zero-order valence-corrected chi connectivity index (χ0v) is 7.62. The minimum atomic E-state index is -0.0747. The average molecular weight is 176 g/mol. The Kier molecular flexibility index (Phi) is 2.05. The van der Waals surface area contributed by atoms with Crippen LogP contribution in [0.25, 0.3) is 0 Å². The zero-order chi connectivity index (χ0) is 9.26. The van der Waals surface area contributed by atoms with E-state index in [-0.39, 0.29) is 11.9 Å². The second kappa shape index (κ2) is 3.21. The Hall–Kier alpha value is -1.31. The molecular formula is C11H12O2. The lowest BCUT2D eigenvalue weighted by Gasteiger charge is -2.05. The van der Waals surface area contributed by atoms with Crippen molar-refractivity contribution in [1.29, 1.82) is 0 Å². The Morgan fingerprint density at radius 1 is 1.38 bits per heavy atom. The molecule has 1 aromatic carbocycles. The fourth-order valence-electron chi connectivity index (χ4n) is 1.18. The molecule has 1 aliphatic carbocycles. The maximum Gasteiger partial charge on any atom is 0.314 e. The van der Waals surface area contributed by atoms with Crippen molar-refractivity contribution in [1.82, 2.24) is 0 Å². The van der Waals surface area contributed by atoms with Crippen LogP contribution in [0.15, 0.2) is 24.3 Å². The van der Waals surface area contributed by atoms with E-state index >= 15 is 0 Å². The predicted octanol–water partition coefficient (Wildman–Crippen LogP) is 2.31. The molecule has 0 saturated heterocycles. The molecule has 0 N–H and O–H groups in total. The van der Waals surface area contributed by atoms with Gasteiger partial charge in [-0.2, -0.15) is 0 Å². The van der Waals surface area contributed by atoms with Gasteiger partial charge in [0.1, 0.15) is 5.75 Å². The number of carbonyl (C=O) groups excluding carboxylic acids is 1. The number of benzene rings is 1. The minimum absolute atomic E-state index is 0.0747. The van der Waals surface area contributed by atoms with Crippen LogP contribution in [0.2, 0.25) is 0 Å². The first kappa shape index (κ1) is 8.30. The molecule has 1 saturated carbocycles. The van der Waals surface area contributed by atoms with Gasteiger partial charge in [0, 0.05) is 0 Å². The summed E-state index contributed by atoms with van der Waals surface area (Å²) >= 11 is 0. The molecule has 2 heteroatoms. The van der Waals surface area contributed by atoms with Crippen molar-refractivity contribution in [2.24, 2.45) is 5.92 Å². The highest BCUT2D eigenvalue weighted by molar-refractivity contribution is 5.77. The van der Waals surface area contributed by atoms with E-state index in [1.807, 2.05) is 31.2 Å². The molecule has 1 aromatic rings. The molecule has 0 heterocycles. The van der Waals surface area contributed by atoms with E-state index in [1.54, 1.807) is 0 Å². The van der Waals surface area contributed by atoms with Crippen LogP contribution in [0.1, 0.15) is 18.4 Å². The standard InChI is InChI=1S/C11H12O2/c1-8-4-2-3-5-10(8)13-11(12)9-6-7-9/h2-5,9H,6-7H2,1H3. The molecule has 0 atom stereocenters. The van der Waals surface area contributed by atoms with Crippen LogP contribution in [0.4, 0.5) is 0 Å². The smallest absolute Gasteiger partial charge is 0.314 e. The summed E-state index contributed by atoms with van der Waals surface area (Å²) in [7, 11) is 0. The van der Waals surface area contributed by atoms with Gasteiger partial charge in [-0.3, -0.25) is 4.79 Å². The van der Waals surface area contributed by atoms with Crippen molar-refractivity contribution in [3.05, 3.63) is 29.8 Å². The lowest BCUT2D eigenvalue weighted by molar-refractivity contribution is -0.135. The number of carbonyl (C=O) groups is 1. The molecule has 68 valence electrons. The summed E-state index contributed by atoms with van der Waals surface area (Å²) < 4.78 is 5.23. The molecule has 0 aliphatic heterocycles. The highest BCUT2D eigenvalue weighted by atomic mass is 16.5. The molecule has 0 spiro atoms. The first-order valence-corrected chi connectivity index (χ1v) is 4.54. The van der Waals surface area contributed by atoms with Crippen LogP contribution in [0.5, 0.6) is 5.75 Å². The van der Waals surface area contributed by atoms with E-state index in [4.69, 9.17) is 4.74 Å². The lowest BCUT2D eigenvalue weighted by atomic mass is 10.2. The van der Waals surface area contributed by atoms with Crippen LogP contribution in [0, 0.1) is 12.8 Å². The number of para-hydroxylation sites is 1. The lowest BCUT2D eigenvalue weighted by Crippen LogP contribution is -2.10. The quantitative estimate of drug-likeness (QED) is 0.510. The Morgan fingerprint density at radius 2 is 2.08 bits per heavy atom. The van der Waals surface area contributed by atoms with E-state index < -0.39 is 0 Å². The summed E-state index contributed by atoms with van der Waals surface area (Å²) in [5.41, 5.74) is 1.01. The van der Waals surface area contributed by atoms with Crippen LogP contribution >= 0.6 is 0 Å². The van der Waals surface area contributed by atoms with Crippen LogP contribution in [-0.2, 0) is 4.79 Å². The molecule has 0 aromatic heterocycles. The second-order valence-electron chi connectivity index (χ2n) is 3.46. The summed E-state index contributed by atoms with van der Waals surface area (Å²) in [6.45, 7) is 1.94. The minimum Gasteiger partial charge on any atom is -0.426 e. The van der Waals surface area contributed by atoms with Gasteiger partial charge >= 0.3 is 5.97 Å². The summed E-state index contributed by atoms with van der Waals surface area (Å²) in [6.07, 6.45) is 1.98. The summed E-state index contributed by atoms with van der Waals surface area (Å²) in [4.78, 5) is 11.3. The third kappa shape index (κ3) is 1.89. The van der Waals surface area contributed by atoms with E-state index in [0.717, 1.165) is 18.4 Å². The van der Waals surface area contributed by atoms with Crippen molar-refractivity contribution in [2.45, 2.75) is 19.8 Å². The molecule has 13 heavy (non-hydrogen) atoms. The Morgan fingerprint density at radius 3 is 2.69 bits per heavy atom. The molecule has 0 bridgehead atoms. The van der Waals surface area contributed by atoms with E-state index in [0.29, 0.717) is 5.75 Å². The third-order valence-electron chi connectivity index (χ3n) is 2.21. The van der Waals surface area contributed by atoms with Crippen molar-refractivity contribution < 1.29 is 9.53 Å². The molecule has 2 nitrogen and oxygen atoms in total. The Labute approximate surface area is 77.5 Å². The molecule has 1 fully saturated rings. The van der Waals surface area contributed by atoms with Gasteiger partial charge in [-0.25, -0.2) is 0 Å². The van der Waals surface area contributed by atoms with E-state index in [2.05, 4.69) is 0 Å². The van der Waals surface area contributed by atoms with Crippen LogP contribution in [0.3, 0.4) is 0 Å². The number of esters is 1. The topological polar surface area (TPSA) is 26.3 Å². The third-order valence-corrected chi connectivity index (χ3v) is 2.21. The van der Waals surface area contributed by atoms with Crippen molar-refractivity contribution in [3.8, 4) is 5.75 Å². The number of hydrogen-bond acceptors (Lipinski definition) is 2. The van der Waals surface area contributed by atoms with Crippen LogP contribution in [-0.4, -0.2) is 5.97 Å². The van der Waals surface area contributed by atoms with Crippen molar-refractivity contribution in [2.75, 3.05) is 0 Å². The fraction of sp³-hybridized carbons (Fsp3) is 0.364. The molecule has 2 rings (SSSR count). The zero-order valence-electron chi connectivity index (χ0n) is 7.62. The summed E-state index contributed by atoms with van der Waals surface area (Å²) in [6, 6.07) is 7.58. The van der Waals surface area contributed by atoms with Gasteiger partial charge in [0.15, 0.2) is 0 Å². The van der Waals surface area contributed by atoms with Gasteiger partial charge in [0.05, 0.1) is 5.92 Å². The van der Waals surface area contributed by atoms with Gasteiger partial charge in [0.25, 0.3) is 0 Å². The number of aryl methyl sites for hydroxylation is 1. The van der Waals surface area contributed by atoms with E-state index in [1.165, 1.54) is 0 Å².